The molecule has 1 aromatic heterocycles. The van der Waals surface area contributed by atoms with Gasteiger partial charge < -0.3 is 10.1 Å². The van der Waals surface area contributed by atoms with E-state index in [2.05, 4.69) is 21.2 Å². The number of hydrogen-bond acceptors (Lipinski definition) is 3. The van der Waals surface area contributed by atoms with E-state index in [-0.39, 0.29) is 5.91 Å². The highest BCUT2D eigenvalue weighted by Gasteiger charge is 2.00. The molecule has 0 aliphatic carbocycles. The van der Waals surface area contributed by atoms with Gasteiger partial charge in [0.05, 0.1) is 13.7 Å². The fourth-order valence-electron chi connectivity index (χ4n) is 1.60. The lowest BCUT2D eigenvalue weighted by Crippen LogP contribution is -2.19. The average Bonchev–Trinajstić information content (AvgIpc) is 2.89. The second kappa shape index (κ2) is 7.26. The number of carbonyl (C=O) groups excluding carboxylic acids is 1. The number of amides is 1. The second-order valence-electron chi connectivity index (χ2n) is 4.06. The molecule has 0 aliphatic heterocycles. The van der Waals surface area contributed by atoms with E-state index in [1.807, 2.05) is 35.7 Å². The van der Waals surface area contributed by atoms with Crippen molar-refractivity contribution in [2.75, 3.05) is 7.11 Å². The molecule has 1 N–H and O–H groups in total. The van der Waals surface area contributed by atoms with Crippen LogP contribution in [-0.2, 0) is 11.3 Å². The summed E-state index contributed by atoms with van der Waals surface area (Å²) < 4.78 is 6.17. The van der Waals surface area contributed by atoms with Crippen molar-refractivity contribution in [2.24, 2.45) is 0 Å². The zero-order valence-electron chi connectivity index (χ0n) is 10.9. The number of benzene rings is 1. The topological polar surface area (TPSA) is 38.3 Å². The summed E-state index contributed by atoms with van der Waals surface area (Å²) in [5, 5.41) is 4.84. The van der Waals surface area contributed by atoms with Gasteiger partial charge in [-0.1, -0.05) is 12.1 Å². The van der Waals surface area contributed by atoms with Gasteiger partial charge in [-0.05, 0) is 45.8 Å². The van der Waals surface area contributed by atoms with E-state index < -0.39 is 0 Å². The third-order valence-electron chi connectivity index (χ3n) is 2.58. The molecule has 0 aliphatic rings. The maximum Gasteiger partial charge on any atom is 0.244 e. The molecule has 0 fully saturated rings. The summed E-state index contributed by atoms with van der Waals surface area (Å²) in [4.78, 5) is 12.8. The molecule has 20 heavy (non-hydrogen) atoms. The Bertz CT molecular complexity index is 622. The maximum atomic E-state index is 11.7. The zero-order valence-corrected chi connectivity index (χ0v) is 13.3. The van der Waals surface area contributed by atoms with Gasteiger partial charge in [-0.3, -0.25) is 4.79 Å². The molecule has 3 nitrogen and oxygen atoms in total. The summed E-state index contributed by atoms with van der Waals surface area (Å²) in [6, 6.07) is 9.55. The van der Waals surface area contributed by atoms with Gasteiger partial charge in [-0.15, -0.1) is 11.3 Å². The molecule has 1 amide bonds. The van der Waals surface area contributed by atoms with E-state index in [1.54, 1.807) is 24.5 Å². The molecule has 1 heterocycles. The second-order valence-corrected chi connectivity index (χ2v) is 5.97. The largest absolute Gasteiger partial charge is 0.497 e. The molecule has 0 atom stereocenters. The Morgan fingerprint density at radius 1 is 1.45 bits per heavy atom. The number of carbonyl (C=O) groups is 1. The van der Waals surface area contributed by atoms with Gasteiger partial charge in [0.15, 0.2) is 0 Å². The first kappa shape index (κ1) is 14.8. The molecule has 0 bridgehead atoms. The van der Waals surface area contributed by atoms with Crippen LogP contribution in [0.15, 0.2) is 46.3 Å². The molecule has 0 saturated carbocycles. The Morgan fingerprint density at radius 3 is 3.00 bits per heavy atom. The van der Waals surface area contributed by atoms with Crippen molar-refractivity contribution < 1.29 is 9.53 Å². The predicted octanol–water partition coefficient (Wildman–Crippen LogP) is 3.85. The third kappa shape index (κ3) is 4.51. The first-order valence-electron chi connectivity index (χ1n) is 6.00. The quantitative estimate of drug-likeness (QED) is 0.830. The van der Waals surface area contributed by atoms with Crippen LogP contribution in [0.25, 0.3) is 6.08 Å². The number of thiophene rings is 1. The normalized spacial score (nSPS) is 10.7. The molecule has 0 saturated heterocycles. The summed E-state index contributed by atoms with van der Waals surface area (Å²) in [6.45, 7) is 0.539. The Morgan fingerprint density at radius 2 is 2.30 bits per heavy atom. The summed E-state index contributed by atoms with van der Waals surface area (Å²) in [6.07, 6.45) is 3.29. The summed E-state index contributed by atoms with van der Waals surface area (Å²) in [5.74, 6) is 0.660. The van der Waals surface area contributed by atoms with Crippen LogP contribution in [0, 0.1) is 0 Å². The molecule has 0 unspecified atom stereocenters. The highest BCUT2D eigenvalue weighted by atomic mass is 79.9. The summed E-state index contributed by atoms with van der Waals surface area (Å²) in [7, 11) is 1.62. The van der Waals surface area contributed by atoms with Gasteiger partial charge in [0.2, 0.25) is 5.91 Å². The summed E-state index contributed by atoms with van der Waals surface area (Å²) >= 11 is 4.99. The van der Waals surface area contributed by atoms with Gasteiger partial charge in [0.25, 0.3) is 0 Å². The van der Waals surface area contributed by atoms with Gasteiger partial charge in [-0.2, -0.15) is 0 Å². The maximum absolute atomic E-state index is 11.7. The van der Waals surface area contributed by atoms with Crippen molar-refractivity contribution in [1.82, 2.24) is 5.32 Å². The van der Waals surface area contributed by atoms with Crippen LogP contribution in [-0.4, -0.2) is 13.0 Å². The van der Waals surface area contributed by atoms with E-state index in [0.717, 1.165) is 20.7 Å². The van der Waals surface area contributed by atoms with Crippen LogP contribution in [0.2, 0.25) is 0 Å². The molecule has 104 valence electrons. The Labute approximate surface area is 130 Å². The SMILES string of the molecule is COc1cccc(C=CC(=O)NCc2cc(Br)cs2)c1. The molecule has 0 radical (unpaired) electrons. The molecule has 0 spiro atoms. The van der Waals surface area contributed by atoms with Gasteiger partial charge in [0, 0.05) is 20.8 Å². The van der Waals surface area contributed by atoms with Crippen LogP contribution in [0.5, 0.6) is 5.75 Å². The highest BCUT2D eigenvalue weighted by Crippen LogP contribution is 2.19. The number of rotatable bonds is 5. The number of nitrogens with one attached hydrogen (secondary N) is 1. The van der Waals surface area contributed by atoms with Crippen molar-refractivity contribution >= 4 is 39.2 Å². The van der Waals surface area contributed by atoms with Crippen LogP contribution in [0.4, 0.5) is 0 Å². The van der Waals surface area contributed by atoms with Crippen molar-refractivity contribution in [3.8, 4) is 5.75 Å². The number of ether oxygens (including phenoxy) is 1. The predicted molar refractivity (Wildman–Crippen MR) is 85.9 cm³/mol. The van der Waals surface area contributed by atoms with Gasteiger partial charge >= 0.3 is 0 Å². The number of methoxy groups -OCH3 is 1. The van der Waals surface area contributed by atoms with E-state index >= 15 is 0 Å². The van der Waals surface area contributed by atoms with Crippen molar-refractivity contribution in [3.63, 3.8) is 0 Å². The summed E-state index contributed by atoms with van der Waals surface area (Å²) in [5.41, 5.74) is 0.929. The van der Waals surface area contributed by atoms with E-state index in [4.69, 9.17) is 4.74 Å². The molecule has 2 rings (SSSR count). The molecule has 1 aromatic carbocycles. The monoisotopic (exact) mass is 351 g/mol. The highest BCUT2D eigenvalue weighted by molar-refractivity contribution is 9.10. The molecular weight excluding hydrogens is 338 g/mol. The number of hydrogen-bond donors (Lipinski definition) is 1. The van der Waals surface area contributed by atoms with Crippen LogP contribution < -0.4 is 10.1 Å². The van der Waals surface area contributed by atoms with Crippen molar-refractivity contribution in [2.45, 2.75) is 6.54 Å². The molecule has 5 heteroatoms. The van der Waals surface area contributed by atoms with Crippen LogP contribution in [0.1, 0.15) is 10.4 Å². The fraction of sp³-hybridized carbons (Fsp3) is 0.133. The Balaban J connectivity index is 1.88. The lowest BCUT2D eigenvalue weighted by Gasteiger charge is -2.01. The number of halogens is 1. The van der Waals surface area contributed by atoms with Crippen molar-refractivity contribution in [3.05, 3.63) is 56.7 Å². The minimum Gasteiger partial charge on any atom is -0.497 e. The first-order valence-corrected chi connectivity index (χ1v) is 7.67. The van der Waals surface area contributed by atoms with Crippen LogP contribution in [0.3, 0.4) is 0 Å². The lowest BCUT2D eigenvalue weighted by atomic mass is 10.2. The molecule has 2 aromatic rings. The lowest BCUT2D eigenvalue weighted by molar-refractivity contribution is -0.116. The average molecular weight is 352 g/mol. The van der Waals surface area contributed by atoms with Crippen molar-refractivity contribution in [1.29, 1.82) is 0 Å². The minimum absolute atomic E-state index is 0.114. The van der Waals surface area contributed by atoms with Gasteiger partial charge in [0.1, 0.15) is 5.75 Å². The third-order valence-corrected chi connectivity index (χ3v) is 4.28. The van der Waals surface area contributed by atoms with Crippen LogP contribution >= 0.6 is 27.3 Å². The molecular formula is C15H14BrNO2S. The first-order chi connectivity index (χ1) is 9.67. The Hall–Kier alpha value is -1.59. The standard InChI is InChI=1S/C15H14BrNO2S/c1-19-13-4-2-3-11(7-13)5-6-15(18)17-9-14-8-12(16)10-20-14/h2-8,10H,9H2,1H3,(H,17,18). The van der Waals surface area contributed by atoms with E-state index in [0.29, 0.717) is 6.54 Å². The zero-order chi connectivity index (χ0) is 14.4. The van der Waals surface area contributed by atoms with Gasteiger partial charge in [-0.25, -0.2) is 0 Å². The van der Waals surface area contributed by atoms with E-state index in [1.165, 1.54) is 6.08 Å². The Kier molecular flexibility index (Phi) is 5.38. The minimum atomic E-state index is -0.114. The fourth-order valence-corrected chi connectivity index (χ4v) is 2.99. The van der Waals surface area contributed by atoms with E-state index in [9.17, 15) is 4.79 Å². The smallest absolute Gasteiger partial charge is 0.244 e.